The summed E-state index contributed by atoms with van der Waals surface area (Å²) in [6.45, 7) is 0. The molecule has 4 nitrogen and oxygen atoms in total. The molecule has 0 aliphatic heterocycles. The summed E-state index contributed by atoms with van der Waals surface area (Å²) in [7, 11) is 0. The summed E-state index contributed by atoms with van der Waals surface area (Å²) in [6.07, 6.45) is 5.09. The minimum atomic E-state index is 0.304. The normalized spacial score (nSPS) is 10.3. The minimum Gasteiger partial charge on any atom is -0.398 e. The van der Waals surface area contributed by atoms with Crippen LogP contribution in [0, 0.1) is 5.41 Å². The van der Waals surface area contributed by atoms with Crippen molar-refractivity contribution in [3.05, 3.63) is 53.6 Å². The van der Waals surface area contributed by atoms with Crippen LogP contribution >= 0.6 is 15.9 Å². The topological polar surface area (TPSA) is 75.7 Å². The van der Waals surface area contributed by atoms with Gasteiger partial charge in [-0.15, -0.1) is 0 Å². The minimum absolute atomic E-state index is 0.304. The highest BCUT2D eigenvalue weighted by Crippen LogP contribution is 2.18. The lowest BCUT2D eigenvalue weighted by Crippen LogP contribution is -2.01. The molecule has 0 fully saturated rings. The van der Waals surface area contributed by atoms with Crippen molar-refractivity contribution in [3.63, 3.8) is 0 Å². The van der Waals surface area contributed by atoms with E-state index in [0.29, 0.717) is 10.3 Å². The highest BCUT2D eigenvalue weighted by Gasteiger charge is 2.05. The lowest BCUT2D eigenvalue weighted by molar-refractivity contribution is 0.857. The van der Waals surface area contributed by atoms with E-state index in [-0.39, 0.29) is 0 Å². The van der Waals surface area contributed by atoms with Crippen LogP contribution in [0.5, 0.6) is 0 Å². The number of anilines is 1. The van der Waals surface area contributed by atoms with E-state index in [0.717, 1.165) is 29.8 Å². The van der Waals surface area contributed by atoms with Gasteiger partial charge in [-0.2, -0.15) is 0 Å². The fraction of sp³-hybridized carbons (Fsp3) is 0.154. The molecular weight excluding hydrogens is 292 g/mol. The van der Waals surface area contributed by atoms with Gasteiger partial charge in [-0.3, -0.25) is 5.41 Å². The van der Waals surface area contributed by atoms with Gasteiger partial charge in [0.15, 0.2) is 0 Å². The number of nitrogens with one attached hydrogen (secondary N) is 1. The fourth-order valence-electron chi connectivity index (χ4n) is 1.66. The van der Waals surface area contributed by atoms with E-state index in [1.807, 2.05) is 18.2 Å². The van der Waals surface area contributed by atoms with Crippen LogP contribution in [0.3, 0.4) is 0 Å². The Labute approximate surface area is 114 Å². The van der Waals surface area contributed by atoms with Gasteiger partial charge in [-0.1, -0.05) is 6.07 Å². The lowest BCUT2D eigenvalue weighted by atomic mass is 10.1. The Morgan fingerprint density at radius 1 is 1.22 bits per heavy atom. The van der Waals surface area contributed by atoms with Crippen molar-refractivity contribution in [1.82, 2.24) is 9.97 Å². The van der Waals surface area contributed by atoms with Gasteiger partial charge >= 0.3 is 0 Å². The number of nitrogens with zero attached hydrogens (tertiary/aromatic N) is 2. The molecule has 2 aromatic rings. The third kappa shape index (κ3) is 3.13. The Balaban J connectivity index is 2.11. The highest BCUT2D eigenvalue weighted by molar-refractivity contribution is 9.18. The average Bonchev–Trinajstić information content (AvgIpc) is 2.38. The first-order chi connectivity index (χ1) is 8.66. The Kier molecular flexibility index (Phi) is 4.04. The van der Waals surface area contributed by atoms with Crippen molar-refractivity contribution in [3.8, 4) is 0 Å². The zero-order valence-corrected chi connectivity index (χ0v) is 11.3. The van der Waals surface area contributed by atoms with Gasteiger partial charge in [0.05, 0.1) is 0 Å². The number of nitrogens with two attached hydrogens (primary N) is 1. The molecule has 0 saturated carbocycles. The lowest BCUT2D eigenvalue weighted by Gasteiger charge is -2.06. The third-order valence-corrected chi connectivity index (χ3v) is 3.04. The summed E-state index contributed by atoms with van der Waals surface area (Å²) in [5.74, 6) is 0.824. The predicted molar refractivity (Wildman–Crippen MR) is 76.1 cm³/mol. The Bertz CT molecular complexity index is 554. The molecule has 1 aromatic heterocycles. The quantitative estimate of drug-likeness (QED) is 0.673. The molecule has 18 heavy (non-hydrogen) atoms. The Morgan fingerprint density at radius 3 is 2.61 bits per heavy atom. The molecule has 3 N–H and O–H groups in total. The van der Waals surface area contributed by atoms with Crippen LogP contribution in [-0.2, 0) is 12.8 Å². The molecule has 0 saturated heterocycles. The molecule has 92 valence electrons. The molecule has 0 aliphatic rings. The maximum atomic E-state index is 7.58. The smallest absolute Gasteiger partial charge is 0.128 e. The number of benzene rings is 1. The van der Waals surface area contributed by atoms with Gasteiger partial charge in [-0.25, -0.2) is 9.97 Å². The van der Waals surface area contributed by atoms with Crippen molar-refractivity contribution >= 4 is 26.2 Å². The molecule has 2 rings (SSSR count). The molecule has 0 aliphatic carbocycles. The van der Waals surface area contributed by atoms with Gasteiger partial charge in [0.1, 0.15) is 10.4 Å². The largest absolute Gasteiger partial charge is 0.398 e. The van der Waals surface area contributed by atoms with Gasteiger partial charge in [0.2, 0.25) is 0 Å². The third-order valence-electron chi connectivity index (χ3n) is 2.61. The second kappa shape index (κ2) is 5.73. The van der Waals surface area contributed by atoms with Crippen LogP contribution < -0.4 is 5.73 Å². The van der Waals surface area contributed by atoms with Crippen LogP contribution in [0.15, 0.2) is 36.7 Å². The van der Waals surface area contributed by atoms with E-state index >= 15 is 0 Å². The van der Waals surface area contributed by atoms with Gasteiger partial charge in [-0.05, 0) is 46.1 Å². The highest BCUT2D eigenvalue weighted by atomic mass is 79.9. The van der Waals surface area contributed by atoms with Crippen LogP contribution in [0.4, 0.5) is 5.69 Å². The number of aryl methyl sites for hydroxylation is 2. The summed E-state index contributed by atoms with van der Waals surface area (Å²) in [5, 5.41) is 7.58. The molecule has 5 heteroatoms. The first-order valence-electron chi connectivity index (χ1n) is 5.55. The molecule has 0 radical (unpaired) electrons. The molecule has 0 amide bonds. The Morgan fingerprint density at radius 2 is 1.94 bits per heavy atom. The van der Waals surface area contributed by atoms with E-state index in [4.69, 9.17) is 11.1 Å². The standard InChI is InChI=1S/C13H13BrN4/c14-13(16)10-8-9(2-4-11(10)15)3-5-12-17-6-1-7-18-12/h1-2,4,6-8,16H,3,5,15H2. The number of hydrogen-bond donors (Lipinski definition) is 2. The van der Waals surface area contributed by atoms with Crippen LogP contribution in [0.2, 0.25) is 0 Å². The van der Waals surface area contributed by atoms with Crippen LogP contribution in [-0.4, -0.2) is 14.6 Å². The predicted octanol–water partition coefficient (Wildman–Crippen LogP) is 2.56. The maximum absolute atomic E-state index is 7.58. The molecule has 0 bridgehead atoms. The van der Waals surface area contributed by atoms with Crippen molar-refractivity contribution < 1.29 is 0 Å². The maximum Gasteiger partial charge on any atom is 0.128 e. The molecule has 0 atom stereocenters. The summed E-state index contributed by atoms with van der Waals surface area (Å²) in [6, 6.07) is 7.52. The fourth-order valence-corrected chi connectivity index (χ4v) is 2.01. The number of rotatable bonds is 4. The zero-order valence-electron chi connectivity index (χ0n) is 9.73. The van der Waals surface area contributed by atoms with Crippen LogP contribution in [0.25, 0.3) is 0 Å². The van der Waals surface area contributed by atoms with Crippen molar-refractivity contribution in [1.29, 1.82) is 5.41 Å². The van der Waals surface area contributed by atoms with Crippen molar-refractivity contribution in [2.75, 3.05) is 5.73 Å². The number of halogens is 1. The molecule has 1 aromatic carbocycles. The van der Waals surface area contributed by atoms with E-state index in [1.165, 1.54) is 0 Å². The number of aromatic nitrogens is 2. The first-order valence-corrected chi connectivity index (χ1v) is 6.35. The second-order valence-corrected chi connectivity index (χ2v) is 4.69. The summed E-state index contributed by atoms with van der Waals surface area (Å²) < 4.78 is 0.304. The number of hydrogen-bond acceptors (Lipinski definition) is 4. The molecule has 0 spiro atoms. The van der Waals surface area contributed by atoms with Crippen LogP contribution in [0.1, 0.15) is 17.0 Å². The SMILES string of the molecule is N=C(Br)c1cc(CCc2ncccn2)ccc1N. The molecular formula is C13H13BrN4. The van der Waals surface area contributed by atoms with Gasteiger partial charge in [0, 0.05) is 30.1 Å². The van der Waals surface area contributed by atoms with Gasteiger partial charge in [0.25, 0.3) is 0 Å². The summed E-state index contributed by atoms with van der Waals surface area (Å²) >= 11 is 3.14. The van der Waals surface area contributed by atoms with Gasteiger partial charge < -0.3 is 5.73 Å². The monoisotopic (exact) mass is 304 g/mol. The Hall–Kier alpha value is -1.75. The van der Waals surface area contributed by atoms with E-state index in [9.17, 15) is 0 Å². The summed E-state index contributed by atoms with van der Waals surface area (Å²) in [5.41, 5.74) is 8.25. The first kappa shape index (κ1) is 12.7. The average molecular weight is 305 g/mol. The van der Waals surface area contributed by atoms with E-state index in [2.05, 4.69) is 25.9 Å². The number of nitrogen functional groups attached to an aromatic ring is 1. The zero-order chi connectivity index (χ0) is 13.0. The van der Waals surface area contributed by atoms with E-state index < -0.39 is 0 Å². The summed E-state index contributed by atoms with van der Waals surface area (Å²) in [4.78, 5) is 8.36. The molecule has 1 heterocycles. The second-order valence-electron chi connectivity index (χ2n) is 3.90. The molecule has 0 unspecified atom stereocenters. The van der Waals surface area contributed by atoms with Crippen molar-refractivity contribution in [2.24, 2.45) is 0 Å². The van der Waals surface area contributed by atoms with E-state index in [1.54, 1.807) is 18.5 Å². The van der Waals surface area contributed by atoms with Crippen molar-refractivity contribution in [2.45, 2.75) is 12.8 Å².